The van der Waals surface area contributed by atoms with Crippen LogP contribution in [0.2, 0.25) is 0 Å². The van der Waals surface area contributed by atoms with E-state index < -0.39 is 0 Å². The SMILES string of the molecule is CCCC(CCO)CNC(=NCc1ccc2c(c1)OCCCO2)NCC. The highest BCUT2D eigenvalue weighted by Crippen LogP contribution is 2.30. The van der Waals surface area contributed by atoms with Crippen LogP contribution in [0, 0.1) is 5.92 Å². The smallest absolute Gasteiger partial charge is 0.191 e. The molecule has 0 fully saturated rings. The Morgan fingerprint density at radius 1 is 1.15 bits per heavy atom. The summed E-state index contributed by atoms with van der Waals surface area (Å²) in [5.41, 5.74) is 1.09. The third kappa shape index (κ3) is 6.75. The molecule has 26 heavy (non-hydrogen) atoms. The van der Waals surface area contributed by atoms with Gasteiger partial charge in [0.05, 0.1) is 19.8 Å². The molecule has 6 nitrogen and oxygen atoms in total. The molecule has 0 saturated carbocycles. The number of benzene rings is 1. The lowest BCUT2D eigenvalue weighted by Gasteiger charge is -2.18. The van der Waals surface area contributed by atoms with E-state index >= 15 is 0 Å². The average molecular weight is 364 g/mol. The van der Waals surface area contributed by atoms with Gasteiger partial charge in [0.2, 0.25) is 0 Å². The normalized spacial score (nSPS) is 15.3. The van der Waals surface area contributed by atoms with Crippen molar-refractivity contribution in [2.75, 3.05) is 32.9 Å². The minimum Gasteiger partial charge on any atom is -0.490 e. The zero-order chi connectivity index (χ0) is 18.6. The number of hydrogen-bond donors (Lipinski definition) is 3. The van der Waals surface area contributed by atoms with E-state index in [9.17, 15) is 5.11 Å². The van der Waals surface area contributed by atoms with Crippen LogP contribution in [0.5, 0.6) is 11.5 Å². The molecule has 0 aromatic heterocycles. The third-order valence-corrected chi connectivity index (χ3v) is 4.37. The predicted octanol–water partition coefficient (Wildman–Crippen LogP) is 2.70. The topological polar surface area (TPSA) is 75.1 Å². The Morgan fingerprint density at radius 2 is 1.96 bits per heavy atom. The zero-order valence-corrected chi connectivity index (χ0v) is 16.1. The molecule has 0 radical (unpaired) electrons. The van der Waals surface area contributed by atoms with Gasteiger partial charge in [-0.05, 0) is 43.4 Å². The summed E-state index contributed by atoms with van der Waals surface area (Å²) in [6.45, 7) is 8.06. The number of hydrogen-bond acceptors (Lipinski definition) is 4. The molecule has 0 amide bonds. The fourth-order valence-corrected chi connectivity index (χ4v) is 3.00. The van der Waals surface area contributed by atoms with Crippen LogP contribution in [0.4, 0.5) is 0 Å². The largest absolute Gasteiger partial charge is 0.490 e. The molecule has 0 bridgehead atoms. The number of nitrogens with zero attached hydrogens (tertiary/aromatic N) is 1. The Balaban J connectivity index is 1.96. The van der Waals surface area contributed by atoms with Crippen molar-refractivity contribution in [3.8, 4) is 11.5 Å². The molecule has 1 aliphatic heterocycles. The van der Waals surface area contributed by atoms with E-state index in [1.165, 1.54) is 0 Å². The summed E-state index contributed by atoms with van der Waals surface area (Å²) < 4.78 is 11.4. The first-order valence-corrected chi connectivity index (χ1v) is 9.78. The van der Waals surface area contributed by atoms with E-state index in [1.807, 2.05) is 18.2 Å². The van der Waals surface area contributed by atoms with E-state index in [4.69, 9.17) is 9.47 Å². The molecule has 1 unspecified atom stereocenters. The molecule has 0 aliphatic carbocycles. The first-order valence-electron chi connectivity index (χ1n) is 9.78. The molecule has 1 heterocycles. The van der Waals surface area contributed by atoms with Crippen molar-refractivity contribution in [1.82, 2.24) is 10.6 Å². The highest BCUT2D eigenvalue weighted by Gasteiger charge is 2.11. The van der Waals surface area contributed by atoms with Gasteiger partial charge < -0.3 is 25.2 Å². The molecular weight excluding hydrogens is 330 g/mol. The van der Waals surface area contributed by atoms with Gasteiger partial charge in [-0.15, -0.1) is 0 Å². The van der Waals surface area contributed by atoms with E-state index in [0.717, 1.165) is 61.8 Å². The first-order chi connectivity index (χ1) is 12.8. The Hall–Kier alpha value is -1.95. The van der Waals surface area contributed by atoms with Crippen molar-refractivity contribution in [2.45, 2.75) is 46.1 Å². The van der Waals surface area contributed by atoms with Crippen molar-refractivity contribution >= 4 is 5.96 Å². The number of rotatable bonds is 9. The summed E-state index contributed by atoms with van der Waals surface area (Å²) in [5.74, 6) is 2.89. The van der Waals surface area contributed by atoms with Crippen molar-refractivity contribution in [3.63, 3.8) is 0 Å². The number of aliphatic imine (C=N–C) groups is 1. The highest BCUT2D eigenvalue weighted by atomic mass is 16.5. The molecular formula is C20H33N3O3. The lowest BCUT2D eigenvalue weighted by molar-refractivity contribution is 0.251. The van der Waals surface area contributed by atoms with E-state index in [2.05, 4.69) is 29.5 Å². The molecule has 1 aliphatic rings. The van der Waals surface area contributed by atoms with Crippen LogP contribution < -0.4 is 20.1 Å². The summed E-state index contributed by atoms with van der Waals surface area (Å²) >= 11 is 0. The zero-order valence-electron chi connectivity index (χ0n) is 16.1. The maximum atomic E-state index is 9.21. The molecule has 1 aromatic carbocycles. The summed E-state index contributed by atoms with van der Waals surface area (Å²) in [7, 11) is 0. The molecule has 6 heteroatoms. The Bertz CT molecular complexity index is 557. The first kappa shape index (κ1) is 20.4. The Morgan fingerprint density at radius 3 is 2.69 bits per heavy atom. The summed E-state index contributed by atoms with van der Waals surface area (Å²) in [6, 6.07) is 6.01. The molecule has 0 saturated heterocycles. The van der Waals surface area contributed by atoms with Gasteiger partial charge in [0.15, 0.2) is 17.5 Å². The fraction of sp³-hybridized carbons (Fsp3) is 0.650. The van der Waals surface area contributed by atoms with Gasteiger partial charge >= 0.3 is 0 Å². The molecule has 3 N–H and O–H groups in total. The van der Waals surface area contributed by atoms with Crippen LogP contribution in [-0.2, 0) is 6.54 Å². The minimum atomic E-state index is 0.233. The number of nitrogens with one attached hydrogen (secondary N) is 2. The van der Waals surface area contributed by atoms with Crippen LogP contribution in [0.15, 0.2) is 23.2 Å². The number of fused-ring (bicyclic) bond motifs is 1. The molecule has 1 aromatic rings. The van der Waals surface area contributed by atoms with Gasteiger partial charge in [-0.3, -0.25) is 0 Å². The summed E-state index contributed by atoms with van der Waals surface area (Å²) in [4.78, 5) is 4.68. The maximum Gasteiger partial charge on any atom is 0.191 e. The molecule has 1 atom stereocenters. The highest BCUT2D eigenvalue weighted by molar-refractivity contribution is 5.79. The summed E-state index contributed by atoms with van der Waals surface area (Å²) in [6.07, 6.45) is 3.96. The van der Waals surface area contributed by atoms with Crippen molar-refractivity contribution in [1.29, 1.82) is 0 Å². The summed E-state index contributed by atoms with van der Waals surface area (Å²) in [5, 5.41) is 15.9. The average Bonchev–Trinajstić information content (AvgIpc) is 2.89. The van der Waals surface area contributed by atoms with E-state index in [1.54, 1.807) is 0 Å². The number of ether oxygens (including phenoxy) is 2. The van der Waals surface area contributed by atoms with Gasteiger partial charge in [-0.2, -0.15) is 0 Å². The minimum absolute atomic E-state index is 0.233. The fourth-order valence-electron chi connectivity index (χ4n) is 3.00. The van der Waals surface area contributed by atoms with E-state index in [-0.39, 0.29) is 6.61 Å². The monoisotopic (exact) mass is 363 g/mol. The third-order valence-electron chi connectivity index (χ3n) is 4.37. The molecule has 146 valence electrons. The van der Waals surface area contributed by atoms with Gasteiger partial charge in [0.25, 0.3) is 0 Å². The lowest BCUT2D eigenvalue weighted by Crippen LogP contribution is -2.40. The van der Waals surface area contributed by atoms with Crippen LogP contribution in [0.1, 0.15) is 45.1 Å². The number of aliphatic hydroxyl groups is 1. The van der Waals surface area contributed by atoms with Gasteiger partial charge in [-0.25, -0.2) is 4.99 Å². The lowest BCUT2D eigenvalue weighted by atomic mass is 10.0. The maximum absolute atomic E-state index is 9.21. The second-order valence-corrected chi connectivity index (χ2v) is 6.57. The van der Waals surface area contributed by atoms with Crippen LogP contribution in [-0.4, -0.2) is 44.0 Å². The quantitative estimate of drug-likeness (QED) is 0.465. The molecule has 2 rings (SSSR count). The van der Waals surface area contributed by atoms with Crippen LogP contribution in [0.25, 0.3) is 0 Å². The van der Waals surface area contributed by atoms with Crippen molar-refractivity contribution in [3.05, 3.63) is 23.8 Å². The standard InChI is InChI=1S/C20H33N3O3/c1-3-6-16(9-10-24)14-22-20(21-4-2)23-15-17-7-8-18-19(13-17)26-12-5-11-25-18/h7-8,13,16,24H,3-6,9-12,14-15H2,1-2H3,(H2,21,22,23). The number of guanidine groups is 1. The second kappa shape index (κ2) is 11.6. The predicted molar refractivity (Wildman–Crippen MR) is 105 cm³/mol. The Kier molecular flexibility index (Phi) is 9.10. The number of aliphatic hydroxyl groups excluding tert-OH is 1. The van der Waals surface area contributed by atoms with Gasteiger partial charge in [0.1, 0.15) is 0 Å². The van der Waals surface area contributed by atoms with Crippen molar-refractivity contribution < 1.29 is 14.6 Å². The van der Waals surface area contributed by atoms with Crippen LogP contribution >= 0.6 is 0 Å². The van der Waals surface area contributed by atoms with Crippen LogP contribution in [0.3, 0.4) is 0 Å². The second-order valence-electron chi connectivity index (χ2n) is 6.57. The Labute approximate surface area is 157 Å². The van der Waals surface area contributed by atoms with E-state index in [0.29, 0.717) is 25.7 Å². The van der Waals surface area contributed by atoms with Crippen molar-refractivity contribution in [2.24, 2.45) is 10.9 Å². The molecule has 0 spiro atoms. The van der Waals surface area contributed by atoms with Gasteiger partial charge in [0, 0.05) is 26.1 Å². The van der Waals surface area contributed by atoms with Gasteiger partial charge in [-0.1, -0.05) is 19.4 Å².